The first-order valence-electron chi connectivity index (χ1n) is 7.25. The molecule has 0 unspecified atom stereocenters. The van der Waals surface area contributed by atoms with E-state index in [0.29, 0.717) is 11.8 Å². The van der Waals surface area contributed by atoms with E-state index in [1.54, 1.807) is 0 Å². The zero-order valence-corrected chi connectivity index (χ0v) is 11.2. The Labute approximate surface area is 105 Å². The summed E-state index contributed by atoms with van der Waals surface area (Å²) in [6, 6.07) is 0. The van der Waals surface area contributed by atoms with Crippen molar-refractivity contribution in [1.29, 1.82) is 0 Å². The SMILES string of the molecule is CN(CCN1CCCC1)C(=O)C1CCCCC1. The minimum Gasteiger partial charge on any atom is -0.344 e. The maximum Gasteiger partial charge on any atom is 0.225 e. The van der Waals surface area contributed by atoms with Crippen LogP contribution in [-0.2, 0) is 4.79 Å². The monoisotopic (exact) mass is 238 g/mol. The fourth-order valence-electron chi connectivity index (χ4n) is 3.07. The molecule has 1 aliphatic carbocycles. The number of hydrogen-bond acceptors (Lipinski definition) is 2. The number of hydrogen-bond donors (Lipinski definition) is 0. The summed E-state index contributed by atoms with van der Waals surface area (Å²) in [6.07, 6.45) is 8.72. The van der Waals surface area contributed by atoms with E-state index < -0.39 is 0 Å². The second-order valence-electron chi connectivity index (χ2n) is 5.64. The standard InChI is InChI=1S/C14H26N2O/c1-15(11-12-16-9-5-6-10-16)14(17)13-7-3-2-4-8-13/h13H,2-12H2,1H3. The number of amides is 1. The maximum absolute atomic E-state index is 12.2. The first-order valence-corrected chi connectivity index (χ1v) is 7.25. The lowest BCUT2D eigenvalue weighted by molar-refractivity contribution is -0.135. The van der Waals surface area contributed by atoms with Crippen LogP contribution in [0.1, 0.15) is 44.9 Å². The third-order valence-electron chi connectivity index (χ3n) is 4.28. The van der Waals surface area contributed by atoms with Crippen LogP contribution in [0.5, 0.6) is 0 Å². The van der Waals surface area contributed by atoms with Crippen molar-refractivity contribution in [1.82, 2.24) is 9.80 Å². The van der Waals surface area contributed by atoms with Crippen molar-refractivity contribution in [2.75, 3.05) is 33.2 Å². The van der Waals surface area contributed by atoms with Crippen molar-refractivity contribution in [3.8, 4) is 0 Å². The molecule has 0 bridgehead atoms. The molecule has 0 aromatic heterocycles. The summed E-state index contributed by atoms with van der Waals surface area (Å²) < 4.78 is 0. The van der Waals surface area contributed by atoms with Gasteiger partial charge < -0.3 is 9.80 Å². The molecule has 0 aromatic carbocycles. The molecule has 1 aliphatic heterocycles. The number of likely N-dealkylation sites (N-methyl/N-ethyl adjacent to an activating group) is 1. The molecule has 2 aliphatic rings. The molecule has 0 N–H and O–H groups in total. The molecule has 3 nitrogen and oxygen atoms in total. The predicted octanol–water partition coefficient (Wildman–Crippen LogP) is 2.12. The van der Waals surface area contributed by atoms with Crippen LogP contribution in [0.4, 0.5) is 0 Å². The predicted molar refractivity (Wildman–Crippen MR) is 69.9 cm³/mol. The fraction of sp³-hybridized carbons (Fsp3) is 0.929. The molecular formula is C14H26N2O. The van der Waals surface area contributed by atoms with E-state index >= 15 is 0 Å². The summed E-state index contributed by atoms with van der Waals surface area (Å²) in [5, 5.41) is 0. The van der Waals surface area contributed by atoms with E-state index in [-0.39, 0.29) is 0 Å². The van der Waals surface area contributed by atoms with Gasteiger partial charge in [0.25, 0.3) is 0 Å². The van der Waals surface area contributed by atoms with Crippen molar-refractivity contribution in [3.05, 3.63) is 0 Å². The molecule has 0 spiro atoms. The van der Waals surface area contributed by atoms with Crippen molar-refractivity contribution >= 4 is 5.91 Å². The lowest BCUT2D eigenvalue weighted by atomic mass is 9.88. The van der Waals surface area contributed by atoms with E-state index in [4.69, 9.17) is 0 Å². The van der Waals surface area contributed by atoms with Gasteiger partial charge in [-0.15, -0.1) is 0 Å². The fourth-order valence-corrected chi connectivity index (χ4v) is 3.07. The van der Waals surface area contributed by atoms with Gasteiger partial charge in [0.15, 0.2) is 0 Å². The number of rotatable bonds is 4. The van der Waals surface area contributed by atoms with Gasteiger partial charge in [-0.1, -0.05) is 19.3 Å². The topological polar surface area (TPSA) is 23.6 Å². The summed E-state index contributed by atoms with van der Waals surface area (Å²) >= 11 is 0. The Morgan fingerprint density at radius 3 is 2.41 bits per heavy atom. The molecule has 98 valence electrons. The second-order valence-corrected chi connectivity index (χ2v) is 5.64. The normalized spacial score (nSPS) is 22.9. The van der Waals surface area contributed by atoms with Gasteiger partial charge in [0.2, 0.25) is 5.91 Å². The molecule has 1 amide bonds. The van der Waals surface area contributed by atoms with Gasteiger partial charge in [0.1, 0.15) is 0 Å². The highest BCUT2D eigenvalue weighted by Gasteiger charge is 2.24. The molecule has 17 heavy (non-hydrogen) atoms. The summed E-state index contributed by atoms with van der Waals surface area (Å²) in [5.41, 5.74) is 0. The van der Waals surface area contributed by atoms with Gasteiger partial charge in [-0.3, -0.25) is 4.79 Å². The van der Waals surface area contributed by atoms with Gasteiger partial charge in [-0.05, 0) is 38.8 Å². The van der Waals surface area contributed by atoms with E-state index in [1.807, 2.05) is 11.9 Å². The van der Waals surface area contributed by atoms with Crippen LogP contribution in [0.2, 0.25) is 0 Å². The van der Waals surface area contributed by atoms with Crippen LogP contribution < -0.4 is 0 Å². The second kappa shape index (κ2) is 6.39. The largest absolute Gasteiger partial charge is 0.344 e. The molecule has 1 saturated heterocycles. The maximum atomic E-state index is 12.2. The summed E-state index contributed by atoms with van der Waals surface area (Å²) in [6.45, 7) is 4.43. The third kappa shape index (κ3) is 3.70. The highest BCUT2D eigenvalue weighted by atomic mass is 16.2. The molecule has 1 heterocycles. The van der Waals surface area contributed by atoms with E-state index in [2.05, 4.69) is 4.90 Å². The van der Waals surface area contributed by atoms with Crippen molar-refractivity contribution in [2.24, 2.45) is 5.92 Å². The highest BCUT2D eigenvalue weighted by Crippen LogP contribution is 2.25. The minimum atomic E-state index is 0.326. The van der Waals surface area contributed by atoms with Crippen molar-refractivity contribution < 1.29 is 4.79 Å². The van der Waals surface area contributed by atoms with Crippen molar-refractivity contribution in [2.45, 2.75) is 44.9 Å². The van der Waals surface area contributed by atoms with E-state index in [9.17, 15) is 4.79 Å². The molecule has 0 aromatic rings. The van der Waals surface area contributed by atoms with Crippen LogP contribution >= 0.6 is 0 Å². The van der Waals surface area contributed by atoms with Crippen LogP contribution in [0.3, 0.4) is 0 Å². The smallest absolute Gasteiger partial charge is 0.225 e. The summed E-state index contributed by atoms with van der Waals surface area (Å²) in [7, 11) is 1.98. The Morgan fingerprint density at radius 2 is 1.76 bits per heavy atom. The Morgan fingerprint density at radius 1 is 1.12 bits per heavy atom. The van der Waals surface area contributed by atoms with Crippen LogP contribution in [0.15, 0.2) is 0 Å². The molecule has 2 fully saturated rings. The number of carbonyl (C=O) groups excluding carboxylic acids is 1. The van der Waals surface area contributed by atoms with Gasteiger partial charge in [0.05, 0.1) is 0 Å². The van der Waals surface area contributed by atoms with Gasteiger partial charge in [-0.25, -0.2) is 0 Å². The first-order chi connectivity index (χ1) is 8.27. The van der Waals surface area contributed by atoms with E-state index in [0.717, 1.165) is 25.9 Å². The Bertz CT molecular complexity index is 243. The number of nitrogens with zero attached hydrogens (tertiary/aromatic N) is 2. The molecule has 0 atom stereocenters. The van der Waals surface area contributed by atoms with Crippen LogP contribution in [0, 0.1) is 5.92 Å². The lowest BCUT2D eigenvalue weighted by Gasteiger charge is -2.27. The highest BCUT2D eigenvalue weighted by molar-refractivity contribution is 5.78. The zero-order valence-electron chi connectivity index (χ0n) is 11.2. The number of likely N-dealkylation sites (tertiary alicyclic amines) is 1. The third-order valence-corrected chi connectivity index (χ3v) is 4.28. The minimum absolute atomic E-state index is 0.326. The number of carbonyl (C=O) groups is 1. The molecule has 1 saturated carbocycles. The van der Waals surface area contributed by atoms with Gasteiger partial charge in [-0.2, -0.15) is 0 Å². The van der Waals surface area contributed by atoms with Gasteiger partial charge in [0, 0.05) is 26.1 Å². The average Bonchev–Trinajstić information content (AvgIpc) is 2.89. The summed E-state index contributed by atoms with van der Waals surface area (Å²) in [4.78, 5) is 16.7. The Balaban J connectivity index is 1.70. The van der Waals surface area contributed by atoms with Crippen molar-refractivity contribution in [3.63, 3.8) is 0 Å². The zero-order chi connectivity index (χ0) is 12.1. The average molecular weight is 238 g/mol. The first kappa shape index (κ1) is 12.9. The molecule has 2 rings (SSSR count). The van der Waals surface area contributed by atoms with E-state index in [1.165, 1.54) is 45.2 Å². The van der Waals surface area contributed by atoms with Crippen LogP contribution in [0.25, 0.3) is 0 Å². The molecule has 0 radical (unpaired) electrons. The Kier molecular flexibility index (Phi) is 4.84. The Hall–Kier alpha value is -0.570. The summed E-state index contributed by atoms with van der Waals surface area (Å²) in [5.74, 6) is 0.719. The molecule has 3 heteroatoms. The van der Waals surface area contributed by atoms with Crippen LogP contribution in [-0.4, -0.2) is 48.9 Å². The quantitative estimate of drug-likeness (QED) is 0.749. The van der Waals surface area contributed by atoms with Gasteiger partial charge >= 0.3 is 0 Å². The lowest BCUT2D eigenvalue weighted by Crippen LogP contribution is -2.39. The molecular weight excluding hydrogens is 212 g/mol.